The number of nitrogens with one attached hydrogen (secondary N) is 1. The number of anilines is 2. The molecule has 20 heavy (non-hydrogen) atoms. The zero-order chi connectivity index (χ0) is 13.9. The maximum Gasteiger partial charge on any atom is 0.120 e. The number of hydrogen-bond donors (Lipinski definition) is 3. The highest BCUT2D eigenvalue weighted by atomic mass is 16.3. The highest BCUT2D eigenvalue weighted by Gasteiger charge is 2.05. The van der Waals surface area contributed by atoms with Gasteiger partial charge in [0.15, 0.2) is 0 Å². The molecule has 0 saturated heterocycles. The Hall–Kier alpha value is -2.82. The topological polar surface area (TPSA) is 84.1 Å². The zero-order valence-electron chi connectivity index (χ0n) is 10.7. The first kappa shape index (κ1) is 12.2. The van der Waals surface area contributed by atoms with Crippen molar-refractivity contribution >= 4 is 22.3 Å². The van der Waals surface area contributed by atoms with E-state index >= 15 is 0 Å². The number of nitrogens with zero attached hydrogens (tertiary/aromatic N) is 2. The van der Waals surface area contributed by atoms with Gasteiger partial charge in [-0.25, -0.2) is 0 Å². The van der Waals surface area contributed by atoms with Crippen LogP contribution in [0.25, 0.3) is 10.9 Å². The van der Waals surface area contributed by atoms with Crippen molar-refractivity contribution in [3.63, 3.8) is 0 Å². The van der Waals surface area contributed by atoms with Crippen LogP contribution in [-0.4, -0.2) is 15.3 Å². The summed E-state index contributed by atoms with van der Waals surface area (Å²) in [5.41, 5.74) is 8.79. The van der Waals surface area contributed by atoms with Crippen molar-refractivity contribution in [1.29, 1.82) is 0 Å². The average molecular weight is 266 g/mol. The molecule has 0 atom stereocenters. The van der Waals surface area contributed by atoms with Crippen molar-refractivity contribution < 1.29 is 5.11 Å². The fourth-order valence-corrected chi connectivity index (χ4v) is 2.09. The predicted octanol–water partition coefficient (Wildman–Crippen LogP) is 2.53. The van der Waals surface area contributed by atoms with Gasteiger partial charge in [-0.2, -0.15) is 10.2 Å². The van der Waals surface area contributed by atoms with Crippen LogP contribution in [0, 0.1) is 0 Å². The minimum Gasteiger partial charge on any atom is -0.508 e. The highest BCUT2D eigenvalue weighted by molar-refractivity contribution is 5.90. The van der Waals surface area contributed by atoms with Gasteiger partial charge in [-0.3, -0.25) is 0 Å². The molecule has 0 saturated carbocycles. The van der Waals surface area contributed by atoms with Crippen molar-refractivity contribution in [3.8, 4) is 5.75 Å². The summed E-state index contributed by atoms with van der Waals surface area (Å²) >= 11 is 0. The number of aromatic hydroxyl groups is 1. The lowest BCUT2D eigenvalue weighted by atomic mass is 10.1. The molecule has 0 aliphatic heterocycles. The van der Waals surface area contributed by atoms with Crippen LogP contribution < -0.4 is 11.1 Å². The summed E-state index contributed by atoms with van der Waals surface area (Å²) in [5.74, 6) is 0.220. The molecule has 1 heterocycles. The molecule has 0 aliphatic carbocycles. The molecule has 0 radical (unpaired) electrons. The second-order valence-electron chi connectivity index (χ2n) is 4.52. The maximum atomic E-state index is 9.80. The smallest absolute Gasteiger partial charge is 0.120 e. The molecular formula is C15H14N4O. The van der Waals surface area contributed by atoms with Gasteiger partial charge in [-0.1, -0.05) is 18.2 Å². The quantitative estimate of drug-likeness (QED) is 0.501. The Morgan fingerprint density at radius 2 is 2.00 bits per heavy atom. The third-order valence-corrected chi connectivity index (χ3v) is 3.12. The van der Waals surface area contributed by atoms with E-state index in [2.05, 4.69) is 15.5 Å². The summed E-state index contributed by atoms with van der Waals surface area (Å²) in [4.78, 5) is 0. The van der Waals surface area contributed by atoms with Gasteiger partial charge in [0.1, 0.15) is 5.75 Å². The summed E-state index contributed by atoms with van der Waals surface area (Å²) in [5, 5.41) is 22.1. The second kappa shape index (κ2) is 5.05. The van der Waals surface area contributed by atoms with Crippen LogP contribution in [0.15, 0.2) is 48.7 Å². The number of nitrogens with two attached hydrogens (primary N) is 1. The Balaban J connectivity index is 1.89. The Labute approximate surface area is 116 Å². The van der Waals surface area contributed by atoms with E-state index in [0.29, 0.717) is 12.2 Å². The number of fused-ring (bicyclic) bond motifs is 1. The minimum atomic E-state index is 0.220. The standard InChI is InChI=1S/C15H14N4O/c16-11-5-6-15(20)10(7-11)8-17-14-9-18-19-13-4-2-1-3-12(13)14/h1-7,9,20H,8,16H2,(H,17,19). The molecule has 0 spiro atoms. The first-order valence-corrected chi connectivity index (χ1v) is 6.26. The lowest BCUT2D eigenvalue weighted by Gasteiger charge is -2.10. The molecule has 100 valence electrons. The molecule has 5 nitrogen and oxygen atoms in total. The maximum absolute atomic E-state index is 9.80. The molecule has 3 rings (SSSR count). The summed E-state index contributed by atoms with van der Waals surface area (Å²) < 4.78 is 0. The van der Waals surface area contributed by atoms with Crippen molar-refractivity contribution in [3.05, 3.63) is 54.2 Å². The third-order valence-electron chi connectivity index (χ3n) is 3.12. The van der Waals surface area contributed by atoms with E-state index in [-0.39, 0.29) is 5.75 Å². The fourth-order valence-electron chi connectivity index (χ4n) is 2.09. The van der Waals surface area contributed by atoms with E-state index < -0.39 is 0 Å². The second-order valence-corrected chi connectivity index (χ2v) is 4.52. The van der Waals surface area contributed by atoms with Gasteiger partial charge in [0.2, 0.25) is 0 Å². The van der Waals surface area contributed by atoms with Crippen molar-refractivity contribution in [2.45, 2.75) is 6.54 Å². The number of phenols is 1. The molecule has 5 heteroatoms. The van der Waals surface area contributed by atoms with Gasteiger partial charge in [0.05, 0.1) is 17.4 Å². The minimum absolute atomic E-state index is 0.220. The van der Waals surface area contributed by atoms with E-state index in [1.807, 2.05) is 24.3 Å². The lowest BCUT2D eigenvalue weighted by molar-refractivity contribution is 0.469. The molecule has 0 aliphatic rings. The molecule has 0 bridgehead atoms. The van der Waals surface area contributed by atoms with Crippen LogP contribution in [0.3, 0.4) is 0 Å². The molecule has 1 aromatic heterocycles. The van der Waals surface area contributed by atoms with Crippen LogP contribution in [0.5, 0.6) is 5.75 Å². The van der Waals surface area contributed by atoms with Crippen molar-refractivity contribution in [1.82, 2.24) is 10.2 Å². The molecule has 0 amide bonds. The predicted molar refractivity (Wildman–Crippen MR) is 79.4 cm³/mol. The Kier molecular flexibility index (Phi) is 3.09. The molecule has 4 N–H and O–H groups in total. The summed E-state index contributed by atoms with van der Waals surface area (Å²) in [7, 11) is 0. The molecule has 0 fully saturated rings. The molecule has 3 aromatic rings. The Morgan fingerprint density at radius 1 is 1.15 bits per heavy atom. The largest absolute Gasteiger partial charge is 0.508 e. The Morgan fingerprint density at radius 3 is 2.90 bits per heavy atom. The Bertz CT molecular complexity index is 752. The zero-order valence-corrected chi connectivity index (χ0v) is 10.7. The number of nitrogen functional groups attached to an aromatic ring is 1. The molecule has 2 aromatic carbocycles. The number of aromatic nitrogens is 2. The van der Waals surface area contributed by atoms with E-state index in [0.717, 1.165) is 22.2 Å². The van der Waals surface area contributed by atoms with Crippen molar-refractivity contribution in [2.75, 3.05) is 11.1 Å². The SMILES string of the molecule is Nc1ccc(O)c(CNc2cnnc3ccccc23)c1. The van der Waals surface area contributed by atoms with Gasteiger partial charge in [0, 0.05) is 23.2 Å². The van der Waals surface area contributed by atoms with E-state index in [4.69, 9.17) is 5.73 Å². The fraction of sp³-hybridized carbons (Fsp3) is 0.0667. The average Bonchev–Trinajstić information content (AvgIpc) is 2.48. The van der Waals surface area contributed by atoms with Crippen LogP contribution in [0.1, 0.15) is 5.56 Å². The van der Waals surface area contributed by atoms with E-state index in [9.17, 15) is 5.11 Å². The number of rotatable bonds is 3. The summed E-state index contributed by atoms with van der Waals surface area (Å²) in [6.45, 7) is 0.465. The number of hydrogen-bond acceptors (Lipinski definition) is 5. The van der Waals surface area contributed by atoms with Gasteiger partial charge in [-0.15, -0.1) is 0 Å². The van der Waals surface area contributed by atoms with Gasteiger partial charge in [0.25, 0.3) is 0 Å². The van der Waals surface area contributed by atoms with E-state index in [1.54, 1.807) is 24.4 Å². The van der Waals surface area contributed by atoms with Gasteiger partial charge in [-0.05, 0) is 24.3 Å². The first-order chi connectivity index (χ1) is 9.74. The number of benzene rings is 2. The summed E-state index contributed by atoms with van der Waals surface area (Å²) in [6.07, 6.45) is 1.67. The summed E-state index contributed by atoms with van der Waals surface area (Å²) in [6, 6.07) is 12.8. The van der Waals surface area contributed by atoms with Gasteiger partial charge >= 0.3 is 0 Å². The van der Waals surface area contributed by atoms with E-state index in [1.165, 1.54) is 0 Å². The van der Waals surface area contributed by atoms with Crippen LogP contribution in [0.2, 0.25) is 0 Å². The van der Waals surface area contributed by atoms with Crippen LogP contribution in [0.4, 0.5) is 11.4 Å². The normalized spacial score (nSPS) is 10.6. The van der Waals surface area contributed by atoms with Crippen molar-refractivity contribution in [2.24, 2.45) is 0 Å². The molecular weight excluding hydrogens is 252 g/mol. The van der Waals surface area contributed by atoms with Crippen LogP contribution in [-0.2, 0) is 6.54 Å². The highest BCUT2D eigenvalue weighted by Crippen LogP contribution is 2.24. The van der Waals surface area contributed by atoms with Gasteiger partial charge < -0.3 is 16.2 Å². The monoisotopic (exact) mass is 266 g/mol. The third kappa shape index (κ3) is 2.33. The van der Waals surface area contributed by atoms with Crippen LogP contribution >= 0.6 is 0 Å². The first-order valence-electron chi connectivity index (χ1n) is 6.26. The number of phenolic OH excluding ortho intramolecular Hbond substituents is 1. The lowest BCUT2D eigenvalue weighted by Crippen LogP contribution is -2.02. The molecule has 0 unspecified atom stereocenters.